The van der Waals surface area contributed by atoms with E-state index in [-0.39, 0.29) is 75.4 Å². The van der Waals surface area contributed by atoms with Gasteiger partial charge >= 0.3 is 0 Å². The molecule has 5 aromatic rings. The molecule has 25 heteroatoms. The summed E-state index contributed by atoms with van der Waals surface area (Å²) in [7, 11) is 0. The van der Waals surface area contributed by atoms with Crippen LogP contribution >= 0.6 is 23.5 Å². The van der Waals surface area contributed by atoms with Crippen LogP contribution in [0.3, 0.4) is 0 Å². The first-order chi connectivity index (χ1) is 44.3. The number of H-pyrrole nitrogens is 1. The van der Waals surface area contributed by atoms with Crippen LogP contribution in [0.5, 0.6) is 5.75 Å². The second-order valence-electron chi connectivity index (χ2n) is 23.9. The maximum atomic E-state index is 15.1. The van der Waals surface area contributed by atoms with Crippen LogP contribution in [0.1, 0.15) is 105 Å². The van der Waals surface area contributed by atoms with E-state index in [1.54, 1.807) is 24.4 Å². The normalized spacial score (nSPS) is 23.7. The maximum Gasteiger partial charge on any atom is 0.246 e. The van der Waals surface area contributed by atoms with Crippen molar-refractivity contribution in [2.75, 3.05) is 37.7 Å². The summed E-state index contributed by atoms with van der Waals surface area (Å²) in [6, 6.07) is 19.5. The minimum Gasteiger partial charge on any atom is -0.508 e. The van der Waals surface area contributed by atoms with Crippen molar-refractivity contribution in [3.05, 3.63) is 137 Å². The molecule has 2 bridgehead atoms. The lowest BCUT2D eigenvalue weighted by molar-refractivity contribution is -0.143. The molecule has 2 fully saturated rings. The number of rotatable bonds is 13. The maximum absolute atomic E-state index is 15.1. The molecular weight excluding hydrogens is 1220 g/mol. The lowest BCUT2D eigenvalue weighted by Crippen LogP contribution is -2.59. The lowest BCUT2D eigenvalue weighted by atomic mass is 9.92. The molecule has 9 amide bonds. The Morgan fingerprint density at radius 3 is 2.02 bits per heavy atom. The molecule has 0 unspecified atom stereocenters. The summed E-state index contributed by atoms with van der Waals surface area (Å²) in [5, 5.41) is 27.3. The summed E-state index contributed by atoms with van der Waals surface area (Å²) in [5.41, 5.74) is 16.2. The van der Waals surface area contributed by atoms with E-state index in [4.69, 9.17) is 11.5 Å². The van der Waals surface area contributed by atoms with E-state index in [1.165, 1.54) is 64.5 Å². The predicted molar refractivity (Wildman–Crippen MR) is 350 cm³/mol. The number of carbonyl (C=O) groups excluding carboxylic acids is 10. The number of fused-ring (bicyclic) bond motifs is 5. The summed E-state index contributed by atoms with van der Waals surface area (Å²) < 4.78 is 14.8. The number of nitrogens with one attached hydrogen (secondary N) is 7. The highest BCUT2D eigenvalue weighted by atomic mass is 32.2. The number of aryl methyl sites for hydroxylation is 1. The molecule has 4 heterocycles. The van der Waals surface area contributed by atoms with E-state index in [0.29, 0.717) is 84.4 Å². The van der Waals surface area contributed by atoms with Crippen LogP contribution in [0.4, 0.5) is 4.39 Å². The monoisotopic (exact) mass is 1300 g/mol. The van der Waals surface area contributed by atoms with Crippen molar-refractivity contribution in [1.29, 1.82) is 0 Å². The minimum atomic E-state index is -1.28. The van der Waals surface area contributed by atoms with E-state index >= 15 is 4.79 Å². The molecular formula is C67H84FN11O11S2. The molecule has 8 atom stereocenters. The number of nitrogens with two attached hydrogens (primary N) is 2. The molecule has 8 rings (SSSR count). The largest absolute Gasteiger partial charge is 0.508 e. The van der Waals surface area contributed by atoms with E-state index in [1.807, 2.05) is 54.6 Å². The third kappa shape index (κ3) is 20.1. The zero-order chi connectivity index (χ0) is 65.7. The number of Topliss-reactive ketones (excluding diaryl/α,β-unsaturated/α-hetero) is 1. The molecule has 0 saturated carbocycles. The number of thioether (sulfide) groups is 2. The first-order valence-corrected chi connectivity index (χ1v) is 33.9. The number of aromatic amines is 1. The number of ketones is 1. The fourth-order valence-corrected chi connectivity index (χ4v) is 13.8. The molecule has 2 saturated heterocycles. The van der Waals surface area contributed by atoms with Gasteiger partial charge in [0.25, 0.3) is 0 Å². The Kier molecular flexibility index (Phi) is 26.0. The first kappa shape index (κ1) is 69.6. The highest BCUT2D eigenvalue weighted by molar-refractivity contribution is 7.98. The summed E-state index contributed by atoms with van der Waals surface area (Å²) in [6.07, 6.45) is 4.81. The Morgan fingerprint density at radius 1 is 0.663 bits per heavy atom. The van der Waals surface area contributed by atoms with Crippen LogP contribution in [0.25, 0.3) is 10.9 Å². The predicted octanol–water partition coefficient (Wildman–Crippen LogP) is 4.12. The van der Waals surface area contributed by atoms with Gasteiger partial charge in [-0.05, 0) is 142 Å². The zero-order valence-corrected chi connectivity index (χ0v) is 53.4. The summed E-state index contributed by atoms with van der Waals surface area (Å²) in [5.74, 6) is -6.31. The van der Waals surface area contributed by atoms with Gasteiger partial charge in [-0.3, -0.25) is 47.9 Å². The van der Waals surface area contributed by atoms with Gasteiger partial charge in [-0.15, -0.1) is 0 Å². The lowest BCUT2D eigenvalue weighted by Gasteiger charge is -2.31. The van der Waals surface area contributed by atoms with Crippen LogP contribution in [0.15, 0.2) is 103 Å². The Hall–Kier alpha value is -8.29. The zero-order valence-electron chi connectivity index (χ0n) is 51.8. The molecule has 4 aromatic carbocycles. The van der Waals surface area contributed by atoms with Crippen LogP contribution in [0.2, 0.25) is 0 Å². The van der Waals surface area contributed by atoms with Crippen molar-refractivity contribution in [3.8, 4) is 5.75 Å². The molecule has 92 heavy (non-hydrogen) atoms. The number of halogens is 1. The van der Waals surface area contributed by atoms with Crippen molar-refractivity contribution < 1.29 is 57.4 Å². The van der Waals surface area contributed by atoms with Crippen LogP contribution in [-0.4, -0.2) is 159 Å². The van der Waals surface area contributed by atoms with Gasteiger partial charge in [-0.2, -0.15) is 23.5 Å². The second-order valence-corrected chi connectivity index (χ2v) is 26.0. The highest BCUT2D eigenvalue weighted by Crippen LogP contribution is 2.27. The van der Waals surface area contributed by atoms with Crippen molar-refractivity contribution >= 4 is 93.4 Å². The fraction of sp³-hybridized carbons (Fsp3) is 0.463. The van der Waals surface area contributed by atoms with Crippen molar-refractivity contribution in [2.24, 2.45) is 17.4 Å². The fourth-order valence-electron chi connectivity index (χ4n) is 11.9. The number of aromatic nitrogens is 1. The van der Waals surface area contributed by atoms with Gasteiger partial charge in [0.1, 0.15) is 53.9 Å². The Balaban J connectivity index is 1.06. The number of carbonyl (C=O) groups is 10. The first-order valence-electron chi connectivity index (χ1n) is 31.5. The SMILES string of the molecule is C[C@@H]1NC(=O)[C@@H]2CCCN2C(=O)[C@H](CCCc2ccccc2)NC(=O)[C@H](Cc2c[nH]c3ccc(F)cc23)CC(=O)CNC(=O)[C@H](CCCCN)NC(=O)CCSCc2cccc(c2)CSC[C@@H](C(N)=O)NC(=O)[C@@H]2CCCN2C(=O)[C@H](Cc2ccc(O)cc2)NC1=O. The van der Waals surface area contributed by atoms with E-state index in [9.17, 15) is 52.6 Å². The number of phenolic OH excluding ortho intramolecular Hbond substituents is 1. The van der Waals surface area contributed by atoms with Gasteiger partial charge in [0.2, 0.25) is 53.2 Å². The van der Waals surface area contributed by atoms with E-state index in [2.05, 4.69) is 36.9 Å². The highest BCUT2D eigenvalue weighted by Gasteiger charge is 2.42. The number of unbranched alkanes of at least 4 members (excludes halogenated alkanes) is 1. The van der Waals surface area contributed by atoms with Crippen molar-refractivity contribution in [3.63, 3.8) is 0 Å². The molecule has 3 aliphatic heterocycles. The average Bonchev–Trinajstić information content (AvgIpc) is 1.89. The van der Waals surface area contributed by atoms with Gasteiger partial charge < -0.3 is 63.3 Å². The third-order valence-corrected chi connectivity index (χ3v) is 19.0. The molecule has 22 nitrogen and oxygen atoms in total. The molecule has 0 radical (unpaired) electrons. The standard InChI is InChI=1S/C67H84FN11O11S2/c1-41-61(84)76-55(32-43-20-23-49(80)24-21-43)67(90)79-29-10-19-58(79)65(88)77-56(60(70)83)40-92-39-45-15-7-14-44(31-45)38-91-30-26-59(82)74-53(16-5-6-27-69)63(86)72-37-50(81)34-46(33-47-36-71-52-25-22-48(68)35-51(47)52)62(85)75-54(17-8-13-42-11-3-2-4-12-42)66(89)78-28-9-18-57(78)64(87)73-41/h2-4,7,11-12,14-15,20-25,31,35-36,41,46,53-58,71,80H,5-6,8-10,13,16-19,26-30,32-34,37-40,69H2,1H3,(H2,70,83)(H,72,86)(H,73,87)(H,74,82)(H,75,85)(H,76,84)(H,77,88)/t41-,46+,53-,54-,55-,56-,57-,58-/m0/s1. The van der Waals surface area contributed by atoms with Gasteiger partial charge in [-0.1, -0.05) is 66.7 Å². The molecule has 1 aromatic heterocycles. The molecule has 12 N–H and O–H groups in total. The van der Waals surface area contributed by atoms with E-state index < -0.39 is 120 Å². The van der Waals surface area contributed by atoms with Crippen LogP contribution in [-0.2, 0) is 78.7 Å². The van der Waals surface area contributed by atoms with Crippen molar-refractivity contribution in [2.45, 2.75) is 151 Å². The summed E-state index contributed by atoms with van der Waals surface area (Å²) in [4.78, 5) is 148. The third-order valence-electron chi connectivity index (χ3n) is 16.9. The Bertz CT molecular complexity index is 3410. The number of benzene rings is 4. The Morgan fingerprint density at radius 2 is 1.33 bits per heavy atom. The molecule has 3 aliphatic rings. The Labute approximate surface area is 543 Å². The topological polar surface area (TPSA) is 337 Å². The van der Waals surface area contributed by atoms with Crippen molar-refractivity contribution in [1.82, 2.24) is 46.7 Å². The number of aromatic hydroxyl groups is 1. The quantitative estimate of drug-likeness (QED) is 0.0742. The molecule has 492 valence electrons. The average molecular weight is 1300 g/mol. The number of nitrogens with zero attached hydrogens (tertiary/aromatic N) is 2. The number of hydrogen-bond donors (Lipinski definition) is 10. The number of amides is 9. The van der Waals surface area contributed by atoms with E-state index in [0.717, 1.165) is 16.7 Å². The number of primary amides is 1. The minimum absolute atomic E-state index is 0.0274. The van der Waals surface area contributed by atoms with Gasteiger partial charge in [0, 0.05) is 78.4 Å². The van der Waals surface area contributed by atoms with Gasteiger partial charge in [-0.25, -0.2) is 4.39 Å². The number of phenols is 1. The van der Waals surface area contributed by atoms with Crippen LogP contribution < -0.4 is 43.4 Å². The summed E-state index contributed by atoms with van der Waals surface area (Å²) >= 11 is 2.89. The van der Waals surface area contributed by atoms with Gasteiger partial charge in [0.05, 0.1) is 6.54 Å². The smallest absolute Gasteiger partial charge is 0.246 e. The van der Waals surface area contributed by atoms with Crippen LogP contribution in [0, 0.1) is 11.7 Å². The molecule has 0 spiro atoms. The molecule has 0 aliphatic carbocycles. The number of hydrogen-bond acceptors (Lipinski definition) is 14. The van der Waals surface area contributed by atoms with Gasteiger partial charge in [0.15, 0.2) is 5.78 Å². The second kappa shape index (κ2) is 34.4. The summed E-state index contributed by atoms with van der Waals surface area (Å²) in [6.45, 7) is 1.57.